The van der Waals surface area contributed by atoms with Crippen molar-refractivity contribution in [2.75, 3.05) is 27.2 Å². The fourth-order valence-corrected chi connectivity index (χ4v) is 2.52. The predicted octanol–water partition coefficient (Wildman–Crippen LogP) is 0.270. The summed E-state index contributed by atoms with van der Waals surface area (Å²) >= 11 is 0. The third kappa shape index (κ3) is 3.81. The van der Waals surface area contributed by atoms with E-state index in [1.165, 1.54) is 35.2 Å². The average Bonchev–Trinajstić information content (AvgIpc) is 2.78. The molecule has 17 heavy (non-hydrogen) atoms. The maximum Gasteiger partial charge on any atom is 0.281 e. The molecular formula is C10H18N2O4S. The summed E-state index contributed by atoms with van der Waals surface area (Å²) in [6, 6.07) is 1.72. The van der Waals surface area contributed by atoms with Crippen molar-refractivity contribution >= 4 is 10.2 Å². The van der Waals surface area contributed by atoms with Crippen LogP contribution in [-0.4, -0.2) is 49.4 Å². The van der Waals surface area contributed by atoms with E-state index in [0.29, 0.717) is 13.0 Å². The molecule has 0 amide bonds. The third-order valence-electron chi connectivity index (χ3n) is 2.40. The molecule has 0 atom stereocenters. The van der Waals surface area contributed by atoms with Crippen LogP contribution >= 0.6 is 0 Å². The Labute approximate surface area is 102 Å². The number of rotatable bonds is 7. The fourth-order valence-electron chi connectivity index (χ4n) is 1.37. The molecule has 0 saturated carbocycles. The standard InChI is InChI=1S/C10H18N2O4S/c1-11(5-3-6-13)17(14,15)12(2)8-10-4-7-16-9-10/h4,7,9,13H,3,5-6,8H2,1-2H3. The summed E-state index contributed by atoms with van der Waals surface area (Å²) in [7, 11) is -0.465. The number of hydrogen-bond donors (Lipinski definition) is 1. The van der Waals surface area contributed by atoms with Crippen molar-refractivity contribution in [1.29, 1.82) is 0 Å². The van der Waals surface area contributed by atoms with Gasteiger partial charge in [-0.15, -0.1) is 0 Å². The largest absolute Gasteiger partial charge is 0.472 e. The normalized spacial score (nSPS) is 12.5. The molecule has 0 unspecified atom stereocenters. The summed E-state index contributed by atoms with van der Waals surface area (Å²) in [5.74, 6) is 0. The topological polar surface area (TPSA) is 74.0 Å². The van der Waals surface area contributed by atoms with Gasteiger partial charge in [0.25, 0.3) is 10.2 Å². The lowest BCUT2D eigenvalue weighted by Gasteiger charge is -2.23. The number of aliphatic hydroxyl groups excluding tert-OH is 1. The van der Waals surface area contributed by atoms with Crippen molar-refractivity contribution in [1.82, 2.24) is 8.61 Å². The summed E-state index contributed by atoms with van der Waals surface area (Å²) in [6.07, 6.45) is 3.44. The second-order valence-electron chi connectivity index (χ2n) is 3.79. The second kappa shape index (κ2) is 6.15. The zero-order valence-electron chi connectivity index (χ0n) is 10.0. The first-order valence-electron chi connectivity index (χ1n) is 5.28. The Morgan fingerprint density at radius 2 is 2.06 bits per heavy atom. The van der Waals surface area contributed by atoms with E-state index in [2.05, 4.69) is 0 Å². The Morgan fingerprint density at radius 1 is 1.35 bits per heavy atom. The summed E-state index contributed by atoms with van der Waals surface area (Å²) in [5, 5.41) is 8.68. The van der Waals surface area contributed by atoms with E-state index >= 15 is 0 Å². The summed E-state index contributed by atoms with van der Waals surface area (Å²) in [5.41, 5.74) is 0.798. The Balaban J connectivity index is 2.63. The molecule has 1 aromatic heterocycles. The van der Waals surface area contributed by atoms with E-state index in [-0.39, 0.29) is 13.2 Å². The summed E-state index contributed by atoms with van der Waals surface area (Å²) in [4.78, 5) is 0. The minimum absolute atomic E-state index is 0.0225. The quantitative estimate of drug-likeness (QED) is 0.765. The van der Waals surface area contributed by atoms with Gasteiger partial charge >= 0.3 is 0 Å². The lowest BCUT2D eigenvalue weighted by molar-refractivity contribution is 0.272. The number of aliphatic hydroxyl groups is 1. The predicted molar refractivity (Wildman–Crippen MR) is 63.4 cm³/mol. The van der Waals surface area contributed by atoms with Gasteiger partial charge in [-0.05, 0) is 12.5 Å². The van der Waals surface area contributed by atoms with Crippen LogP contribution < -0.4 is 0 Å². The van der Waals surface area contributed by atoms with Crippen molar-refractivity contribution in [2.45, 2.75) is 13.0 Å². The molecule has 1 rings (SSSR count). The molecule has 0 aliphatic carbocycles. The second-order valence-corrected chi connectivity index (χ2v) is 5.94. The van der Waals surface area contributed by atoms with E-state index < -0.39 is 10.2 Å². The first-order chi connectivity index (χ1) is 7.98. The highest BCUT2D eigenvalue weighted by molar-refractivity contribution is 7.86. The summed E-state index contributed by atoms with van der Waals surface area (Å²) < 4.78 is 31.4. The van der Waals surface area contributed by atoms with Crippen LogP contribution in [0.5, 0.6) is 0 Å². The van der Waals surface area contributed by atoms with Crippen LogP contribution in [0.25, 0.3) is 0 Å². The van der Waals surface area contributed by atoms with Gasteiger partial charge in [0.1, 0.15) is 0 Å². The van der Waals surface area contributed by atoms with Crippen LogP contribution in [0.2, 0.25) is 0 Å². The van der Waals surface area contributed by atoms with Crippen LogP contribution in [0.1, 0.15) is 12.0 Å². The highest BCUT2D eigenvalue weighted by Crippen LogP contribution is 2.10. The zero-order valence-corrected chi connectivity index (χ0v) is 10.9. The molecule has 98 valence electrons. The lowest BCUT2D eigenvalue weighted by atomic mass is 10.3. The Morgan fingerprint density at radius 3 is 2.59 bits per heavy atom. The smallest absolute Gasteiger partial charge is 0.281 e. The monoisotopic (exact) mass is 262 g/mol. The van der Waals surface area contributed by atoms with Crippen LogP contribution in [0, 0.1) is 0 Å². The van der Waals surface area contributed by atoms with Crippen molar-refractivity contribution in [2.24, 2.45) is 0 Å². The number of hydrogen-bond acceptors (Lipinski definition) is 4. The van der Waals surface area contributed by atoms with Crippen molar-refractivity contribution in [3.05, 3.63) is 24.2 Å². The van der Waals surface area contributed by atoms with Crippen molar-refractivity contribution in [3.8, 4) is 0 Å². The van der Waals surface area contributed by atoms with Gasteiger partial charge in [0, 0.05) is 39.4 Å². The van der Waals surface area contributed by atoms with Crippen LogP contribution in [0.4, 0.5) is 0 Å². The maximum atomic E-state index is 12.0. The molecule has 0 spiro atoms. The third-order valence-corrected chi connectivity index (χ3v) is 4.29. The molecule has 0 saturated heterocycles. The minimum atomic E-state index is -3.47. The first kappa shape index (κ1) is 14.2. The van der Waals surface area contributed by atoms with Crippen molar-refractivity contribution < 1.29 is 17.9 Å². The van der Waals surface area contributed by atoms with Gasteiger partial charge in [0.2, 0.25) is 0 Å². The molecule has 1 aromatic rings. The van der Waals surface area contributed by atoms with E-state index in [9.17, 15) is 8.42 Å². The molecule has 0 radical (unpaired) electrons. The molecule has 1 N–H and O–H groups in total. The molecule has 0 bridgehead atoms. The highest BCUT2D eigenvalue weighted by Gasteiger charge is 2.23. The number of nitrogens with zero attached hydrogens (tertiary/aromatic N) is 2. The van der Waals surface area contributed by atoms with Crippen molar-refractivity contribution in [3.63, 3.8) is 0 Å². The molecule has 0 aliphatic heterocycles. The maximum absolute atomic E-state index is 12.0. The van der Waals surface area contributed by atoms with Gasteiger partial charge < -0.3 is 9.52 Å². The summed E-state index contributed by atoms with van der Waals surface area (Å²) in [6.45, 7) is 0.544. The van der Waals surface area contributed by atoms with Gasteiger partial charge in [0.15, 0.2) is 0 Å². The molecule has 0 fully saturated rings. The Kier molecular flexibility index (Phi) is 5.13. The molecule has 7 heteroatoms. The molecular weight excluding hydrogens is 244 g/mol. The van der Waals surface area contributed by atoms with Gasteiger partial charge in [-0.2, -0.15) is 17.0 Å². The van der Waals surface area contributed by atoms with E-state index in [0.717, 1.165) is 5.56 Å². The molecule has 6 nitrogen and oxygen atoms in total. The minimum Gasteiger partial charge on any atom is -0.472 e. The average molecular weight is 262 g/mol. The van der Waals surface area contributed by atoms with Crippen LogP contribution in [-0.2, 0) is 16.8 Å². The van der Waals surface area contributed by atoms with E-state index in [1.54, 1.807) is 6.07 Å². The molecule has 0 aliphatic rings. The highest BCUT2D eigenvalue weighted by atomic mass is 32.2. The first-order valence-corrected chi connectivity index (χ1v) is 6.67. The Bertz CT molecular complexity index is 416. The van der Waals surface area contributed by atoms with Gasteiger partial charge in [-0.25, -0.2) is 0 Å². The van der Waals surface area contributed by atoms with Gasteiger partial charge in [0.05, 0.1) is 12.5 Å². The zero-order chi connectivity index (χ0) is 12.9. The van der Waals surface area contributed by atoms with Crippen LogP contribution in [0.3, 0.4) is 0 Å². The Hall–Kier alpha value is -0.890. The fraction of sp³-hybridized carbons (Fsp3) is 0.600. The van der Waals surface area contributed by atoms with Gasteiger partial charge in [-0.3, -0.25) is 0 Å². The molecule has 1 heterocycles. The van der Waals surface area contributed by atoms with E-state index in [1.807, 2.05) is 0 Å². The molecule has 0 aromatic carbocycles. The lowest BCUT2D eigenvalue weighted by Crippen LogP contribution is -2.39. The van der Waals surface area contributed by atoms with Crippen LogP contribution in [0.15, 0.2) is 23.0 Å². The SMILES string of the molecule is CN(CCCO)S(=O)(=O)N(C)Cc1ccoc1. The number of furan rings is 1. The van der Waals surface area contributed by atoms with Gasteiger partial charge in [-0.1, -0.05) is 0 Å². The van der Waals surface area contributed by atoms with E-state index in [4.69, 9.17) is 9.52 Å².